The fraction of sp³-hybridized carbons (Fsp3) is 0.417. The first-order valence-corrected chi connectivity index (χ1v) is 8.27. The average molecular weight is 285 g/mol. The molecule has 1 aromatic rings. The molecule has 0 aromatic heterocycles. The van der Waals surface area contributed by atoms with Crippen LogP contribution < -0.4 is 0 Å². The van der Waals surface area contributed by atoms with Crippen molar-refractivity contribution in [2.24, 2.45) is 0 Å². The van der Waals surface area contributed by atoms with Gasteiger partial charge in [0.2, 0.25) is 10.0 Å². The second-order valence-electron chi connectivity index (χ2n) is 4.21. The number of carbonyl (C=O) groups excluding carboxylic acids is 1. The van der Waals surface area contributed by atoms with Crippen molar-refractivity contribution in [1.82, 2.24) is 4.31 Å². The molecule has 0 radical (unpaired) electrons. The van der Waals surface area contributed by atoms with Crippen molar-refractivity contribution in [1.29, 1.82) is 0 Å². The topological polar surface area (TPSA) is 54.5 Å². The molecule has 0 unspecified atom stereocenters. The molecule has 0 N–H and O–H groups in total. The number of carbonyl (C=O) groups is 1. The molecule has 0 bridgehead atoms. The summed E-state index contributed by atoms with van der Waals surface area (Å²) in [5, 5.41) is 0. The molecule has 0 spiro atoms. The van der Waals surface area contributed by atoms with Gasteiger partial charge in [-0.3, -0.25) is 0 Å². The summed E-state index contributed by atoms with van der Waals surface area (Å²) in [4.78, 5) is 11.2. The van der Waals surface area contributed by atoms with Gasteiger partial charge >= 0.3 is 0 Å². The van der Waals surface area contributed by atoms with Gasteiger partial charge in [-0.1, -0.05) is 17.7 Å². The molecule has 0 aliphatic carbocycles. The molecule has 4 nitrogen and oxygen atoms in total. The Morgan fingerprint density at radius 1 is 1.33 bits per heavy atom. The fourth-order valence-corrected chi connectivity index (χ4v) is 4.62. The third kappa shape index (κ3) is 2.60. The molecule has 6 heteroatoms. The van der Waals surface area contributed by atoms with Crippen LogP contribution >= 0.6 is 11.8 Å². The van der Waals surface area contributed by atoms with Crippen LogP contribution in [0.3, 0.4) is 0 Å². The van der Waals surface area contributed by atoms with Crippen LogP contribution in [0.25, 0.3) is 0 Å². The maximum absolute atomic E-state index is 12.4. The number of rotatable bonds is 3. The summed E-state index contributed by atoms with van der Waals surface area (Å²) in [5.41, 5.74) is 1.01. The SMILES string of the molecule is Cc1ccc(S(=O)(=O)N2CCSC[C@@H]2C=O)cc1. The summed E-state index contributed by atoms with van der Waals surface area (Å²) in [6.07, 6.45) is 0.720. The van der Waals surface area contributed by atoms with E-state index in [1.54, 1.807) is 36.0 Å². The van der Waals surface area contributed by atoms with Crippen LogP contribution in [-0.4, -0.2) is 43.1 Å². The van der Waals surface area contributed by atoms with Crippen LogP contribution in [0, 0.1) is 6.92 Å². The molecule has 1 saturated heterocycles. The number of sulfonamides is 1. The molecule has 1 aliphatic rings. The van der Waals surface area contributed by atoms with E-state index >= 15 is 0 Å². The number of benzene rings is 1. The monoisotopic (exact) mass is 285 g/mol. The van der Waals surface area contributed by atoms with Gasteiger partial charge in [0.1, 0.15) is 6.29 Å². The summed E-state index contributed by atoms with van der Waals surface area (Å²) in [5.74, 6) is 1.27. The van der Waals surface area contributed by atoms with E-state index in [1.807, 2.05) is 6.92 Å². The average Bonchev–Trinajstić information content (AvgIpc) is 2.39. The van der Waals surface area contributed by atoms with Gasteiger partial charge in [-0.05, 0) is 19.1 Å². The Kier molecular flexibility index (Phi) is 4.09. The van der Waals surface area contributed by atoms with E-state index in [0.29, 0.717) is 12.3 Å². The van der Waals surface area contributed by atoms with Crippen molar-refractivity contribution in [3.8, 4) is 0 Å². The van der Waals surface area contributed by atoms with E-state index in [-0.39, 0.29) is 4.90 Å². The van der Waals surface area contributed by atoms with Crippen molar-refractivity contribution in [2.75, 3.05) is 18.1 Å². The standard InChI is InChI=1S/C12H15NO3S2/c1-10-2-4-12(5-3-10)18(15,16)13-6-7-17-9-11(13)8-14/h2-5,8,11H,6-7,9H2,1H3/t11-/m0/s1. The zero-order valence-corrected chi connectivity index (χ0v) is 11.7. The lowest BCUT2D eigenvalue weighted by Crippen LogP contribution is -2.46. The Balaban J connectivity index is 2.34. The predicted octanol–water partition coefficient (Wildman–Crippen LogP) is 1.30. The molecular formula is C12H15NO3S2. The molecule has 1 heterocycles. The molecule has 2 rings (SSSR count). The molecule has 18 heavy (non-hydrogen) atoms. The summed E-state index contributed by atoms with van der Waals surface area (Å²) in [6.45, 7) is 2.30. The van der Waals surface area contributed by atoms with E-state index in [0.717, 1.165) is 17.6 Å². The van der Waals surface area contributed by atoms with Gasteiger partial charge in [-0.25, -0.2) is 8.42 Å². The Bertz CT molecular complexity index is 525. The zero-order valence-electron chi connectivity index (χ0n) is 10.1. The Hall–Kier alpha value is -0.850. The van der Waals surface area contributed by atoms with Crippen molar-refractivity contribution in [3.63, 3.8) is 0 Å². The van der Waals surface area contributed by atoms with Gasteiger partial charge in [0, 0.05) is 18.1 Å². The van der Waals surface area contributed by atoms with Gasteiger partial charge < -0.3 is 4.79 Å². The molecule has 1 aliphatic heterocycles. The Morgan fingerprint density at radius 3 is 2.61 bits per heavy atom. The van der Waals surface area contributed by atoms with Crippen LogP contribution in [0.4, 0.5) is 0 Å². The zero-order chi connectivity index (χ0) is 13.2. The van der Waals surface area contributed by atoms with Crippen molar-refractivity contribution >= 4 is 28.1 Å². The highest BCUT2D eigenvalue weighted by Gasteiger charge is 2.33. The first-order valence-electron chi connectivity index (χ1n) is 5.67. The minimum absolute atomic E-state index is 0.256. The highest BCUT2D eigenvalue weighted by atomic mass is 32.2. The summed E-state index contributed by atoms with van der Waals surface area (Å²) in [6, 6.07) is 6.17. The number of hydrogen-bond donors (Lipinski definition) is 0. The Morgan fingerprint density at radius 2 is 2.00 bits per heavy atom. The highest BCUT2D eigenvalue weighted by Crippen LogP contribution is 2.23. The number of nitrogens with zero attached hydrogens (tertiary/aromatic N) is 1. The van der Waals surface area contributed by atoms with Crippen LogP contribution in [0.5, 0.6) is 0 Å². The number of aldehydes is 1. The van der Waals surface area contributed by atoms with E-state index < -0.39 is 16.1 Å². The highest BCUT2D eigenvalue weighted by molar-refractivity contribution is 7.99. The van der Waals surface area contributed by atoms with Crippen LogP contribution in [0.1, 0.15) is 5.56 Å². The summed E-state index contributed by atoms with van der Waals surface area (Å²) >= 11 is 1.61. The molecule has 0 amide bonds. The third-order valence-corrected chi connectivity index (χ3v) is 5.89. The van der Waals surface area contributed by atoms with Gasteiger partial charge in [-0.15, -0.1) is 0 Å². The molecule has 1 aromatic carbocycles. The van der Waals surface area contributed by atoms with Gasteiger partial charge in [0.25, 0.3) is 0 Å². The van der Waals surface area contributed by atoms with Crippen molar-refractivity contribution < 1.29 is 13.2 Å². The quantitative estimate of drug-likeness (QED) is 0.786. The van der Waals surface area contributed by atoms with Crippen molar-refractivity contribution in [3.05, 3.63) is 29.8 Å². The van der Waals surface area contributed by atoms with Gasteiger partial charge in [-0.2, -0.15) is 16.1 Å². The van der Waals surface area contributed by atoms with Gasteiger partial charge in [0.05, 0.1) is 10.9 Å². The minimum Gasteiger partial charge on any atom is -0.302 e. The second kappa shape index (κ2) is 5.42. The van der Waals surface area contributed by atoms with Crippen LogP contribution in [0.2, 0.25) is 0 Å². The normalized spacial score (nSPS) is 21.7. The fourth-order valence-electron chi connectivity index (χ4n) is 1.86. The first kappa shape index (κ1) is 13.6. The number of hydrogen-bond acceptors (Lipinski definition) is 4. The van der Waals surface area contributed by atoms with Gasteiger partial charge in [0.15, 0.2) is 0 Å². The molecular weight excluding hydrogens is 270 g/mol. The lowest BCUT2D eigenvalue weighted by atomic mass is 10.2. The van der Waals surface area contributed by atoms with E-state index in [1.165, 1.54) is 4.31 Å². The lowest BCUT2D eigenvalue weighted by molar-refractivity contribution is -0.110. The van der Waals surface area contributed by atoms with Crippen molar-refractivity contribution in [2.45, 2.75) is 17.9 Å². The predicted molar refractivity (Wildman–Crippen MR) is 72.2 cm³/mol. The third-order valence-electron chi connectivity index (χ3n) is 2.90. The maximum Gasteiger partial charge on any atom is 0.243 e. The lowest BCUT2D eigenvalue weighted by Gasteiger charge is -2.30. The number of thioether (sulfide) groups is 1. The summed E-state index contributed by atoms with van der Waals surface area (Å²) in [7, 11) is -3.55. The smallest absolute Gasteiger partial charge is 0.243 e. The van der Waals surface area contributed by atoms with E-state index in [9.17, 15) is 13.2 Å². The molecule has 0 saturated carbocycles. The van der Waals surface area contributed by atoms with E-state index in [4.69, 9.17) is 0 Å². The van der Waals surface area contributed by atoms with Crippen LogP contribution in [0.15, 0.2) is 29.2 Å². The minimum atomic E-state index is -3.55. The summed E-state index contributed by atoms with van der Waals surface area (Å²) < 4.78 is 26.2. The van der Waals surface area contributed by atoms with Crippen LogP contribution in [-0.2, 0) is 14.8 Å². The first-order chi connectivity index (χ1) is 8.55. The largest absolute Gasteiger partial charge is 0.302 e. The number of aryl methyl sites for hydroxylation is 1. The molecule has 98 valence electrons. The maximum atomic E-state index is 12.4. The Labute approximate surface area is 111 Å². The molecule has 1 atom stereocenters. The molecule has 1 fully saturated rings. The van der Waals surface area contributed by atoms with E-state index in [2.05, 4.69) is 0 Å². The second-order valence-corrected chi connectivity index (χ2v) is 7.25.